The number of sulfonamides is 1. The van der Waals surface area contributed by atoms with Gasteiger partial charge in [-0.3, -0.25) is 14.6 Å². The summed E-state index contributed by atoms with van der Waals surface area (Å²) in [7, 11) is -2.35. The van der Waals surface area contributed by atoms with E-state index in [4.69, 9.17) is 4.74 Å². The molecule has 1 amide bonds. The molecule has 0 bridgehead atoms. The van der Waals surface area contributed by atoms with Crippen LogP contribution < -0.4 is 14.8 Å². The summed E-state index contributed by atoms with van der Waals surface area (Å²) < 4.78 is 32.1. The molecule has 124 valence electrons. The van der Waals surface area contributed by atoms with Crippen LogP contribution in [0.3, 0.4) is 0 Å². The van der Waals surface area contributed by atoms with Gasteiger partial charge in [-0.2, -0.15) is 5.10 Å². The number of amides is 1. The number of rotatable bonds is 6. The first kappa shape index (κ1) is 16.8. The van der Waals surface area contributed by atoms with Crippen LogP contribution in [0.4, 0.5) is 5.69 Å². The minimum absolute atomic E-state index is 0.0178. The smallest absolute Gasteiger partial charge is 0.274 e. The second-order valence-electron chi connectivity index (χ2n) is 5.06. The van der Waals surface area contributed by atoms with Crippen molar-refractivity contribution in [2.45, 2.75) is 24.8 Å². The van der Waals surface area contributed by atoms with Gasteiger partial charge in [-0.05, 0) is 38.1 Å². The molecule has 1 aromatic carbocycles. The minimum atomic E-state index is -3.84. The topological polar surface area (TPSA) is 113 Å². The van der Waals surface area contributed by atoms with E-state index in [1.54, 1.807) is 13.8 Å². The maximum Gasteiger partial charge on any atom is 0.274 e. The van der Waals surface area contributed by atoms with Crippen LogP contribution in [0.5, 0.6) is 5.75 Å². The molecule has 0 saturated heterocycles. The lowest BCUT2D eigenvalue weighted by atomic mass is 10.3. The third-order valence-electron chi connectivity index (χ3n) is 2.89. The SMILES string of the molecule is COc1ccc(S(=O)(=O)Nc2c[nH]nc2C(=O)NC(C)C)cc1. The van der Waals surface area contributed by atoms with Crippen molar-refractivity contribution in [2.24, 2.45) is 0 Å². The average molecular weight is 338 g/mol. The Balaban J connectivity index is 2.24. The zero-order chi connectivity index (χ0) is 17.0. The van der Waals surface area contributed by atoms with Gasteiger partial charge in [0, 0.05) is 12.2 Å². The van der Waals surface area contributed by atoms with Crippen molar-refractivity contribution in [1.29, 1.82) is 0 Å². The van der Waals surface area contributed by atoms with E-state index < -0.39 is 15.9 Å². The number of carbonyl (C=O) groups excluding carboxylic acids is 1. The Labute approximate surface area is 134 Å². The van der Waals surface area contributed by atoms with E-state index in [0.717, 1.165) is 0 Å². The van der Waals surface area contributed by atoms with Gasteiger partial charge in [-0.25, -0.2) is 8.42 Å². The molecule has 8 nitrogen and oxygen atoms in total. The van der Waals surface area contributed by atoms with Crippen LogP contribution >= 0.6 is 0 Å². The van der Waals surface area contributed by atoms with Crippen molar-refractivity contribution in [1.82, 2.24) is 15.5 Å². The molecular formula is C14H18N4O4S. The number of ether oxygens (including phenoxy) is 1. The summed E-state index contributed by atoms with van der Waals surface area (Å²) >= 11 is 0. The van der Waals surface area contributed by atoms with Crippen molar-refractivity contribution < 1.29 is 17.9 Å². The lowest BCUT2D eigenvalue weighted by Crippen LogP contribution is -2.31. The third kappa shape index (κ3) is 4.01. The number of nitrogens with zero attached hydrogens (tertiary/aromatic N) is 1. The standard InChI is InChI=1S/C14H18N4O4S/c1-9(2)16-14(19)13-12(8-15-17-13)18-23(20,21)11-6-4-10(22-3)5-7-11/h4-9,18H,1-3H3,(H,15,17)(H,16,19). The van der Waals surface area contributed by atoms with E-state index >= 15 is 0 Å². The molecule has 0 fully saturated rings. The molecule has 0 atom stereocenters. The minimum Gasteiger partial charge on any atom is -0.497 e. The summed E-state index contributed by atoms with van der Waals surface area (Å²) in [6, 6.07) is 5.81. The van der Waals surface area contributed by atoms with Gasteiger partial charge < -0.3 is 10.1 Å². The molecule has 9 heteroatoms. The van der Waals surface area contributed by atoms with Crippen molar-refractivity contribution in [3.8, 4) is 5.75 Å². The van der Waals surface area contributed by atoms with Crippen molar-refractivity contribution in [3.63, 3.8) is 0 Å². The molecule has 0 saturated carbocycles. The van der Waals surface area contributed by atoms with Crippen LogP contribution in [0, 0.1) is 0 Å². The zero-order valence-corrected chi connectivity index (χ0v) is 13.8. The highest BCUT2D eigenvalue weighted by Crippen LogP contribution is 2.20. The van der Waals surface area contributed by atoms with E-state index in [1.807, 2.05) is 0 Å². The van der Waals surface area contributed by atoms with E-state index in [2.05, 4.69) is 20.2 Å². The van der Waals surface area contributed by atoms with Gasteiger partial charge in [0.15, 0.2) is 5.69 Å². The van der Waals surface area contributed by atoms with E-state index in [9.17, 15) is 13.2 Å². The predicted octanol–water partition coefficient (Wildman–Crippen LogP) is 1.36. The second-order valence-corrected chi connectivity index (χ2v) is 6.74. The summed E-state index contributed by atoms with van der Waals surface area (Å²) in [5, 5.41) is 8.93. The predicted molar refractivity (Wildman–Crippen MR) is 85.0 cm³/mol. The Kier molecular flexibility index (Phi) is 4.89. The summed E-state index contributed by atoms with van der Waals surface area (Å²) in [5.41, 5.74) is 0.0646. The molecule has 0 spiro atoms. The number of methoxy groups -OCH3 is 1. The number of nitrogens with one attached hydrogen (secondary N) is 3. The Morgan fingerprint density at radius 2 is 1.91 bits per heavy atom. The average Bonchev–Trinajstić information content (AvgIpc) is 2.94. The van der Waals surface area contributed by atoms with Crippen LogP contribution in [0.2, 0.25) is 0 Å². The lowest BCUT2D eigenvalue weighted by molar-refractivity contribution is 0.0939. The molecule has 3 N–H and O–H groups in total. The highest BCUT2D eigenvalue weighted by molar-refractivity contribution is 7.92. The quantitative estimate of drug-likeness (QED) is 0.736. The Morgan fingerprint density at radius 3 is 2.48 bits per heavy atom. The fourth-order valence-corrected chi connectivity index (χ4v) is 2.89. The molecule has 0 radical (unpaired) electrons. The molecule has 1 heterocycles. The molecule has 0 aliphatic rings. The van der Waals surface area contributed by atoms with Crippen LogP contribution in [-0.4, -0.2) is 37.7 Å². The highest BCUT2D eigenvalue weighted by atomic mass is 32.2. The van der Waals surface area contributed by atoms with E-state index in [1.165, 1.54) is 37.6 Å². The monoisotopic (exact) mass is 338 g/mol. The zero-order valence-electron chi connectivity index (χ0n) is 13.0. The van der Waals surface area contributed by atoms with Crippen LogP contribution in [0.1, 0.15) is 24.3 Å². The maximum absolute atomic E-state index is 12.4. The summed E-state index contributed by atoms with van der Waals surface area (Å²) in [6.07, 6.45) is 1.32. The van der Waals surface area contributed by atoms with Gasteiger partial charge in [0.25, 0.3) is 15.9 Å². The first-order valence-electron chi connectivity index (χ1n) is 6.85. The van der Waals surface area contributed by atoms with Gasteiger partial charge in [0.2, 0.25) is 0 Å². The van der Waals surface area contributed by atoms with Gasteiger partial charge in [0.05, 0.1) is 17.7 Å². The Bertz CT molecular complexity index is 781. The summed E-state index contributed by atoms with van der Waals surface area (Å²) in [5.74, 6) is 0.0814. The van der Waals surface area contributed by atoms with Crippen LogP contribution in [0.25, 0.3) is 0 Å². The number of hydrogen-bond acceptors (Lipinski definition) is 5. The van der Waals surface area contributed by atoms with Gasteiger partial charge in [-0.15, -0.1) is 0 Å². The normalized spacial score (nSPS) is 11.3. The largest absolute Gasteiger partial charge is 0.497 e. The van der Waals surface area contributed by atoms with Crippen LogP contribution in [-0.2, 0) is 10.0 Å². The number of aromatic nitrogens is 2. The molecule has 1 aromatic heterocycles. The molecule has 23 heavy (non-hydrogen) atoms. The first-order valence-corrected chi connectivity index (χ1v) is 8.33. The fourth-order valence-electron chi connectivity index (χ4n) is 1.83. The molecule has 0 aliphatic heterocycles. The van der Waals surface area contributed by atoms with Gasteiger partial charge >= 0.3 is 0 Å². The number of hydrogen-bond donors (Lipinski definition) is 3. The second kappa shape index (κ2) is 6.69. The summed E-state index contributed by atoms with van der Waals surface area (Å²) in [4.78, 5) is 12.0. The first-order chi connectivity index (χ1) is 10.8. The Hall–Kier alpha value is -2.55. The van der Waals surface area contributed by atoms with Gasteiger partial charge in [0.1, 0.15) is 5.75 Å². The number of anilines is 1. The van der Waals surface area contributed by atoms with Crippen molar-refractivity contribution in [2.75, 3.05) is 11.8 Å². The maximum atomic E-state index is 12.4. The molecule has 2 rings (SSSR count). The van der Waals surface area contributed by atoms with Crippen molar-refractivity contribution in [3.05, 3.63) is 36.2 Å². The van der Waals surface area contributed by atoms with E-state index in [0.29, 0.717) is 5.75 Å². The Morgan fingerprint density at radius 1 is 1.26 bits per heavy atom. The van der Waals surface area contributed by atoms with Crippen molar-refractivity contribution >= 4 is 21.6 Å². The number of benzene rings is 1. The summed E-state index contributed by atoms with van der Waals surface area (Å²) in [6.45, 7) is 3.59. The molecule has 0 unspecified atom stereocenters. The van der Waals surface area contributed by atoms with Gasteiger partial charge in [-0.1, -0.05) is 0 Å². The highest BCUT2D eigenvalue weighted by Gasteiger charge is 2.21. The van der Waals surface area contributed by atoms with Crippen LogP contribution in [0.15, 0.2) is 35.4 Å². The molecule has 2 aromatic rings. The number of H-pyrrole nitrogens is 1. The lowest BCUT2D eigenvalue weighted by Gasteiger charge is -2.10. The fraction of sp³-hybridized carbons (Fsp3) is 0.286. The molecule has 0 aliphatic carbocycles. The third-order valence-corrected chi connectivity index (χ3v) is 4.27. The molecular weight excluding hydrogens is 320 g/mol. The number of aromatic amines is 1. The van der Waals surface area contributed by atoms with E-state index in [-0.39, 0.29) is 22.3 Å². The number of carbonyl (C=O) groups is 1.